The number of hydrogen-bond acceptors (Lipinski definition) is 5. The fourth-order valence-corrected chi connectivity index (χ4v) is 5.10. The molecule has 0 unspecified atom stereocenters. The van der Waals surface area contributed by atoms with Gasteiger partial charge in [-0.05, 0) is 41.2 Å². The molecule has 1 aromatic heterocycles. The summed E-state index contributed by atoms with van der Waals surface area (Å²) in [5.41, 5.74) is 4.88. The number of carbonyl (C=O) groups is 3. The number of aromatic nitrogens is 1. The van der Waals surface area contributed by atoms with Crippen molar-refractivity contribution in [2.45, 2.75) is 31.2 Å². The first-order valence-electron chi connectivity index (χ1n) is 11.6. The van der Waals surface area contributed by atoms with E-state index in [0.717, 1.165) is 28.7 Å². The molecule has 3 aromatic rings. The summed E-state index contributed by atoms with van der Waals surface area (Å²) in [7, 11) is 0. The van der Waals surface area contributed by atoms with Crippen LogP contribution in [0.1, 0.15) is 46.7 Å². The molecule has 2 aliphatic carbocycles. The SMILES string of the molecule is O=C(N[C@@H]1CCC[C@@H]1C(=O)Nc1cncc(C(=O)O)c1)OCC1c2ccccc2-c2ccccc21. The van der Waals surface area contributed by atoms with E-state index in [1.54, 1.807) is 0 Å². The predicted octanol–water partition coefficient (Wildman–Crippen LogP) is 4.43. The Hall–Kier alpha value is -4.20. The Kier molecular flexibility index (Phi) is 6.18. The van der Waals surface area contributed by atoms with E-state index in [0.29, 0.717) is 18.5 Å². The minimum atomic E-state index is -1.12. The van der Waals surface area contributed by atoms with Crippen LogP contribution in [-0.2, 0) is 9.53 Å². The van der Waals surface area contributed by atoms with Gasteiger partial charge in [0.15, 0.2) is 0 Å². The van der Waals surface area contributed by atoms with Crippen LogP contribution in [0.3, 0.4) is 0 Å². The van der Waals surface area contributed by atoms with Gasteiger partial charge in [-0.3, -0.25) is 9.78 Å². The average molecular weight is 472 g/mol. The van der Waals surface area contributed by atoms with E-state index in [1.807, 2.05) is 24.3 Å². The Bertz CT molecular complexity index is 1250. The largest absolute Gasteiger partial charge is 0.478 e. The highest BCUT2D eigenvalue weighted by molar-refractivity contribution is 5.95. The van der Waals surface area contributed by atoms with E-state index in [9.17, 15) is 14.4 Å². The van der Waals surface area contributed by atoms with E-state index in [1.165, 1.54) is 18.5 Å². The van der Waals surface area contributed by atoms with E-state index >= 15 is 0 Å². The van der Waals surface area contributed by atoms with Crippen LogP contribution < -0.4 is 10.6 Å². The van der Waals surface area contributed by atoms with Gasteiger partial charge in [0.25, 0.3) is 0 Å². The molecule has 3 N–H and O–H groups in total. The smallest absolute Gasteiger partial charge is 0.407 e. The second-order valence-corrected chi connectivity index (χ2v) is 8.87. The number of carboxylic acid groups (broad SMARTS) is 1. The van der Waals surface area contributed by atoms with E-state index in [4.69, 9.17) is 9.84 Å². The molecule has 0 spiro atoms. The van der Waals surface area contributed by atoms with Crippen molar-refractivity contribution in [1.29, 1.82) is 0 Å². The summed E-state index contributed by atoms with van der Waals surface area (Å²) in [6, 6.07) is 17.3. The third-order valence-electron chi connectivity index (χ3n) is 6.75. The average Bonchev–Trinajstić information content (AvgIpc) is 3.45. The second kappa shape index (κ2) is 9.58. The summed E-state index contributed by atoms with van der Waals surface area (Å²) in [6.07, 6.45) is 4.13. The number of fused-ring (bicyclic) bond motifs is 3. The van der Waals surface area contributed by atoms with Gasteiger partial charge in [-0.15, -0.1) is 0 Å². The molecule has 2 aromatic carbocycles. The van der Waals surface area contributed by atoms with Gasteiger partial charge in [0.05, 0.1) is 23.4 Å². The van der Waals surface area contributed by atoms with Crippen LogP contribution in [0.2, 0.25) is 0 Å². The lowest BCUT2D eigenvalue weighted by Crippen LogP contribution is -2.42. The summed E-state index contributed by atoms with van der Waals surface area (Å²) in [5, 5.41) is 14.7. The lowest BCUT2D eigenvalue weighted by atomic mass is 9.98. The number of benzene rings is 2. The van der Waals surface area contributed by atoms with E-state index < -0.39 is 18.0 Å². The number of nitrogens with one attached hydrogen (secondary N) is 2. The monoisotopic (exact) mass is 471 g/mol. The Morgan fingerprint density at radius 1 is 0.971 bits per heavy atom. The number of hydrogen-bond donors (Lipinski definition) is 3. The number of ether oxygens (including phenoxy) is 1. The number of carboxylic acids is 1. The number of rotatable bonds is 6. The van der Waals surface area contributed by atoms with Crippen LogP contribution in [0.15, 0.2) is 67.0 Å². The molecular weight excluding hydrogens is 446 g/mol. The Balaban J connectivity index is 1.21. The first-order valence-corrected chi connectivity index (χ1v) is 11.6. The normalized spacial score (nSPS) is 18.4. The topological polar surface area (TPSA) is 118 Å². The van der Waals surface area contributed by atoms with Crippen LogP contribution in [0, 0.1) is 5.92 Å². The van der Waals surface area contributed by atoms with Gasteiger partial charge in [-0.25, -0.2) is 9.59 Å². The molecule has 2 amide bonds. The van der Waals surface area contributed by atoms with E-state index in [2.05, 4.69) is 39.9 Å². The number of anilines is 1. The van der Waals surface area contributed by atoms with Gasteiger partial charge in [0.1, 0.15) is 6.61 Å². The summed E-state index contributed by atoms with van der Waals surface area (Å²) >= 11 is 0. The number of nitrogens with zero attached hydrogens (tertiary/aromatic N) is 1. The molecule has 0 aliphatic heterocycles. The summed E-state index contributed by atoms with van der Waals surface area (Å²) in [6.45, 7) is 0.205. The summed E-state index contributed by atoms with van der Waals surface area (Å²) in [5.74, 6) is -1.88. The second-order valence-electron chi connectivity index (χ2n) is 8.87. The third kappa shape index (κ3) is 4.59. The van der Waals surface area contributed by atoms with Crippen molar-refractivity contribution < 1.29 is 24.2 Å². The van der Waals surface area contributed by atoms with Crippen LogP contribution >= 0.6 is 0 Å². The maximum Gasteiger partial charge on any atom is 0.407 e. The van der Waals surface area contributed by atoms with Crippen molar-refractivity contribution in [3.05, 3.63) is 83.7 Å². The van der Waals surface area contributed by atoms with Gasteiger partial charge in [0, 0.05) is 18.2 Å². The molecular formula is C27H25N3O5. The highest BCUT2D eigenvalue weighted by atomic mass is 16.5. The van der Waals surface area contributed by atoms with E-state index in [-0.39, 0.29) is 30.0 Å². The number of amides is 2. The lowest BCUT2D eigenvalue weighted by molar-refractivity contribution is -0.120. The molecule has 0 radical (unpaired) electrons. The maximum absolute atomic E-state index is 12.9. The molecule has 0 saturated heterocycles. The molecule has 2 atom stereocenters. The zero-order chi connectivity index (χ0) is 24.4. The molecule has 1 saturated carbocycles. The molecule has 35 heavy (non-hydrogen) atoms. The molecule has 1 fully saturated rings. The first kappa shape index (κ1) is 22.6. The zero-order valence-electron chi connectivity index (χ0n) is 18.9. The number of carbonyl (C=O) groups excluding carboxylic acids is 2. The molecule has 5 rings (SSSR count). The van der Waals surface area contributed by atoms with Crippen LogP contribution in [0.5, 0.6) is 0 Å². The number of aromatic carboxylic acids is 1. The summed E-state index contributed by atoms with van der Waals surface area (Å²) in [4.78, 5) is 40.5. The standard InChI is InChI=1S/C27H25N3O5/c31-25(29-17-12-16(26(32)33)13-28-14-17)22-10-5-11-24(22)30-27(34)35-15-23-20-8-3-1-6-18(20)19-7-2-4-9-21(19)23/h1-4,6-9,12-14,22-24H,5,10-11,15H2,(H,29,31)(H,30,34)(H,32,33)/t22-,24+/m0/s1. The maximum atomic E-state index is 12.9. The molecule has 8 heteroatoms. The zero-order valence-corrected chi connectivity index (χ0v) is 18.9. The van der Waals surface area contributed by atoms with Crippen molar-refractivity contribution in [3.63, 3.8) is 0 Å². The van der Waals surface area contributed by atoms with Gasteiger partial charge in [0.2, 0.25) is 5.91 Å². The van der Waals surface area contributed by atoms with Gasteiger partial charge >= 0.3 is 12.1 Å². The lowest BCUT2D eigenvalue weighted by Gasteiger charge is -2.21. The Morgan fingerprint density at radius 3 is 2.34 bits per heavy atom. The molecule has 178 valence electrons. The number of alkyl carbamates (subject to hydrolysis) is 1. The molecule has 2 aliphatic rings. The van der Waals surface area contributed by atoms with Crippen LogP contribution in [0.25, 0.3) is 11.1 Å². The number of pyridine rings is 1. The molecule has 0 bridgehead atoms. The van der Waals surface area contributed by atoms with Gasteiger partial charge < -0.3 is 20.5 Å². The summed E-state index contributed by atoms with van der Waals surface area (Å²) < 4.78 is 5.63. The van der Waals surface area contributed by atoms with Crippen molar-refractivity contribution in [3.8, 4) is 11.1 Å². The minimum Gasteiger partial charge on any atom is -0.478 e. The third-order valence-corrected chi connectivity index (χ3v) is 6.75. The predicted molar refractivity (Wildman–Crippen MR) is 129 cm³/mol. The van der Waals surface area contributed by atoms with Gasteiger partial charge in [-0.1, -0.05) is 55.0 Å². The fourth-order valence-electron chi connectivity index (χ4n) is 5.10. The van der Waals surface area contributed by atoms with Crippen molar-refractivity contribution in [2.75, 3.05) is 11.9 Å². The minimum absolute atomic E-state index is 0.0115. The van der Waals surface area contributed by atoms with Crippen molar-refractivity contribution in [1.82, 2.24) is 10.3 Å². The Morgan fingerprint density at radius 2 is 1.66 bits per heavy atom. The highest BCUT2D eigenvalue weighted by Crippen LogP contribution is 2.44. The Labute approximate surface area is 202 Å². The van der Waals surface area contributed by atoms with Gasteiger partial charge in [-0.2, -0.15) is 0 Å². The molecule has 1 heterocycles. The van der Waals surface area contributed by atoms with Crippen LogP contribution in [0.4, 0.5) is 10.5 Å². The van der Waals surface area contributed by atoms with Crippen molar-refractivity contribution in [2.24, 2.45) is 5.92 Å². The highest BCUT2D eigenvalue weighted by Gasteiger charge is 2.35. The van der Waals surface area contributed by atoms with Crippen LogP contribution in [-0.4, -0.2) is 40.7 Å². The van der Waals surface area contributed by atoms with Crippen molar-refractivity contribution >= 4 is 23.7 Å². The first-order chi connectivity index (χ1) is 17.0. The molecule has 8 nitrogen and oxygen atoms in total. The quantitative estimate of drug-likeness (QED) is 0.490. The fraction of sp³-hybridized carbons (Fsp3) is 0.259.